The molecule has 4 N–H and O–H groups in total. The van der Waals surface area contributed by atoms with Gasteiger partial charge in [-0.05, 0) is 73.1 Å². The Morgan fingerprint density at radius 2 is 1.53 bits per heavy atom. The number of methoxy groups -OCH3 is 1. The maximum Gasteiger partial charge on any atom is 0.408 e. The minimum Gasteiger partial charge on any atom is -0.467 e. The van der Waals surface area contributed by atoms with E-state index in [1.807, 2.05) is 13.8 Å². The molecule has 0 aromatic heterocycles. The number of ether oxygens (including phenoxy) is 3. The zero-order chi connectivity index (χ0) is 33.0. The molecule has 246 valence electrons. The highest BCUT2D eigenvalue weighted by molar-refractivity contribution is 5.92. The molecule has 1 rings (SSSR count). The summed E-state index contributed by atoms with van der Waals surface area (Å²) in [7, 11) is 1.19. The van der Waals surface area contributed by atoms with E-state index in [1.54, 1.807) is 41.5 Å². The molecule has 0 spiro atoms. The van der Waals surface area contributed by atoms with Crippen molar-refractivity contribution in [3.63, 3.8) is 0 Å². The van der Waals surface area contributed by atoms with E-state index in [2.05, 4.69) is 21.3 Å². The Hall–Kier alpha value is -3.58. The molecule has 1 aliphatic rings. The Morgan fingerprint density at radius 1 is 0.930 bits per heavy atom. The van der Waals surface area contributed by atoms with Gasteiger partial charge in [0.2, 0.25) is 18.2 Å². The molecule has 0 aromatic carbocycles. The SMILES string of the molecule is COC(=O)C1(NC(=O)OC(C)(C)C)CCN(C(=O)C(CCCCNC(=O)OC(C)(C)C)NC(=O)C(CC(C)C)NC=O)C1. The van der Waals surface area contributed by atoms with Gasteiger partial charge in [-0.25, -0.2) is 14.4 Å². The van der Waals surface area contributed by atoms with Crippen LogP contribution in [-0.4, -0.2) is 96.8 Å². The largest absolute Gasteiger partial charge is 0.467 e. The lowest BCUT2D eigenvalue weighted by molar-refractivity contribution is -0.148. The Kier molecular flexibility index (Phi) is 14.2. The smallest absolute Gasteiger partial charge is 0.408 e. The molecule has 14 nitrogen and oxygen atoms in total. The molecule has 0 radical (unpaired) electrons. The third-order valence-corrected chi connectivity index (χ3v) is 6.39. The predicted octanol–water partition coefficient (Wildman–Crippen LogP) is 2.00. The first-order valence-electron chi connectivity index (χ1n) is 14.7. The van der Waals surface area contributed by atoms with Crippen molar-refractivity contribution in [1.29, 1.82) is 0 Å². The van der Waals surface area contributed by atoms with E-state index in [4.69, 9.17) is 14.2 Å². The third kappa shape index (κ3) is 13.5. The summed E-state index contributed by atoms with van der Waals surface area (Å²) in [6, 6.07) is -1.84. The van der Waals surface area contributed by atoms with E-state index >= 15 is 0 Å². The van der Waals surface area contributed by atoms with Crippen LogP contribution >= 0.6 is 0 Å². The fourth-order valence-corrected chi connectivity index (χ4v) is 4.54. The molecule has 1 fully saturated rings. The van der Waals surface area contributed by atoms with Crippen molar-refractivity contribution in [2.24, 2.45) is 5.92 Å². The molecular formula is C29H51N5O9. The first kappa shape index (κ1) is 37.4. The average Bonchev–Trinajstić information content (AvgIpc) is 3.28. The number of amides is 5. The first-order valence-corrected chi connectivity index (χ1v) is 14.7. The number of alkyl carbamates (subject to hydrolysis) is 2. The molecule has 1 saturated heterocycles. The number of nitrogens with zero attached hydrogens (tertiary/aromatic N) is 1. The lowest BCUT2D eigenvalue weighted by Crippen LogP contribution is -2.59. The molecule has 43 heavy (non-hydrogen) atoms. The number of hydrogen-bond acceptors (Lipinski definition) is 9. The molecule has 0 aliphatic carbocycles. The fourth-order valence-electron chi connectivity index (χ4n) is 4.54. The standard InChI is InChI=1S/C29H51N5O9/c1-19(2)16-21(31-18-35)22(36)32-20(12-10-11-14-30-25(39)42-27(3,4)5)23(37)34-15-13-29(17-34,24(38)41-9)33-26(40)43-28(6,7)8/h18-21H,10-17H2,1-9H3,(H,30,39)(H,31,35)(H,32,36)(H,33,40). The van der Waals surface area contributed by atoms with E-state index < -0.39 is 58.8 Å². The van der Waals surface area contributed by atoms with Crippen LogP contribution in [0.2, 0.25) is 0 Å². The summed E-state index contributed by atoms with van der Waals surface area (Å²) in [6.07, 6.45) is 0.663. The summed E-state index contributed by atoms with van der Waals surface area (Å²) >= 11 is 0. The van der Waals surface area contributed by atoms with Crippen LogP contribution in [0, 0.1) is 5.92 Å². The van der Waals surface area contributed by atoms with Crippen LogP contribution in [0.5, 0.6) is 0 Å². The molecule has 14 heteroatoms. The van der Waals surface area contributed by atoms with Crippen LogP contribution in [0.15, 0.2) is 0 Å². The van der Waals surface area contributed by atoms with Gasteiger partial charge >= 0.3 is 18.2 Å². The van der Waals surface area contributed by atoms with Crippen molar-refractivity contribution in [2.75, 3.05) is 26.7 Å². The average molecular weight is 614 g/mol. The Labute approximate surface area is 254 Å². The van der Waals surface area contributed by atoms with E-state index in [0.717, 1.165) is 0 Å². The lowest BCUT2D eigenvalue weighted by atomic mass is 9.99. The topological polar surface area (TPSA) is 181 Å². The summed E-state index contributed by atoms with van der Waals surface area (Å²) in [4.78, 5) is 76.8. The van der Waals surface area contributed by atoms with E-state index in [1.165, 1.54) is 12.0 Å². The molecule has 5 amide bonds. The van der Waals surface area contributed by atoms with Gasteiger partial charge in [-0.15, -0.1) is 0 Å². The highest BCUT2D eigenvalue weighted by atomic mass is 16.6. The van der Waals surface area contributed by atoms with Gasteiger partial charge < -0.3 is 40.4 Å². The Balaban J connectivity index is 3.06. The van der Waals surface area contributed by atoms with Gasteiger partial charge in [0.25, 0.3) is 0 Å². The van der Waals surface area contributed by atoms with Gasteiger partial charge in [0, 0.05) is 19.5 Å². The summed E-state index contributed by atoms with van der Waals surface area (Å²) in [6.45, 7) is 14.3. The number of likely N-dealkylation sites (tertiary alicyclic amines) is 1. The maximum absolute atomic E-state index is 13.8. The van der Waals surface area contributed by atoms with Crippen molar-refractivity contribution in [2.45, 2.75) is 116 Å². The van der Waals surface area contributed by atoms with E-state index in [-0.39, 0.29) is 31.8 Å². The number of hydrogen-bond donors (Lipinski definition) is 4. The van der Waals surface area contributed by atoms with Crippen LogP contribution in [0.3, 0.4) is 0 Å². The zero-order valence-corrected chi connectivity index (χ0v) is 27.1. The monoisotopic (exact) mass is 613 g/mol. The van der Waals surface area contributed by atoms with Gasteiger partial charge in [-0.3, -0.25) is 14.4 Å². The van der Waals surface area contributed by atoms with Crippen molar-refractivity contribution in [3.05, 3.63) is 0 Å². The zero-order valence-electron chi connectivity index (χ0n) is 27.1. The summed E-state index contributed by atoms with van der Waals surface area (Å²) in [5, 5.41) is 10.5. The number of esters is 1. The fraction of sp³-hybridized carbons (Fsp3) is 0.793. The number of carbonyl (C=O) groups is 6. The molecule has 0 bridgehead atoms. The van der Waals surface area contributed by atoms with Gasteiger partial charge in [-0.1, -0.05) is 13.8 Å². The van der Waals surface area contributed by atoms with Crippen molar-refractivity contribution < 1.29 is 43.0 Å². The second-order valence-electron chi connectivity index (χ2n) is 13.2. The number of nitrogens with one attached hydrogen (secondary N) is 4. The van der Waals surface area contributed by atoms with Crippen LogP contribution in [0.25, 0.3) is 0 Å². The normalized spacial score (nSPS) is 18.2. The molecule has 1 aliphatic heterocycles. The highest BCUT2D eigenvalue weighted by Gasteiger charge is 2.50. The molecule has 0 saturated carbocycles. The number of unbranched alkanes of at least 4 members (excludes halogenated alkanes) is 1. The number of rotatable bonds is 14. The molecule has 0 aromatic rings. The molecule has 3 atom stereocenters. The Bertz CT molecular complexity index is 990. The molecular weight excluding hydrogens is 562 g/mol. The van der Waals surface area contributed by atoms with Gasteiger partial charge in [0.1, 0.15) is 23.3 Å². The first-order chi connectivity index (χ1) is 19.8. The number of carbonyl (C=O) groups excluding carboxylic acids is 6. The lowest BCUT2D eigenvalue weighted by Gasteiger charge is -2.30. The third-order valence-electron chi connectivity index (χ3n) is 6.39. The van der Waals surface area contributed by atoms with Crippen LogP contribution in [0.4, 0.5) is 9.59 Å². The van der Waals surface area contributed by atoms with Crippen molar-refractivity contribution in [3.8, 4) is 0 Å². The van der Waals surface area contributed by atoms with Crippen LogP contribution in [0.1, 0.15) is 87.5 Å². The predicted molar refractivity (Wildman–Crippen MR) is 158 cm³/mol. The van der Waals surface area contributed by atoms with Crippen LogP contribution in [-0.2, 0) is 33.4 Å². The van der Waals surface area contributed by atoms with Crippen LogP contribution < -0.4 is 21.3 Å². The second kappa shape index (κ2) is 16.3. The van der Waals surface area contributed by atoms with Crippen molar-refractivity contribution in [1.82, 2.24) is 26.2 Å². The van der Waals surface area contributed by atoms with Gasteiger partial charge in [-0.2, -0.15) is 0 Å². The molecule has 1 heterocycles. The van der Waals surface area contributed by atoms with E-state index in [0.29, 0.717) is 32.2 Å². The maximum atomic E-state index is 13.8. The van der Waals surface area contributed by atoms with Gasteiger partial charge in [0.05, 0.1) is 13.7 Å². The summed E-state index contributed by atoms with van der Waals surface area (Å²) in [5.41, 5.74) is -2.98. The Morgan fingerprint density at radius 3 is 2.07 bits per heavy atom. The summed E-state index contributed by atoms with van der Waals surface area (Å²) in [5.74, 6) is -1.61. The minimum atomic E-state index is -1.53. The highest BCUT2D eigenvalue weighted by Crippen LogP contribution is 2.25. The van der Waals surface area contributed by atoms with E-state index in [9.17, 15) is 28.8 Å². The van der Waals surface area contributed by atoms with Crippen molar-refractivity contribution >= 4 is 36.4 Å². The van der Waals surface area contributed by atoms with Gasteiger partial charge in [0.15, 0.2) is 5.54 Å². The summed E-state index contributed by atoms with van der Waals surface area (Å²) < 4.78 is 15.5. The second-order valence-corrected chi connectivity index (χ2v) is 13.2. The minimum absolute atomic E-state index is 0.0772. The quantitative estimate of drug-likeness (QED) is 0.0986. The molecule has 3 unspecified atom stereocenters.